The first-order chi connectivity index (χ1) is 9.33. The second-order valence-corrected chi connectivity index (χ2v) is 4.36. The topological polar surface area (TPSA) is 96.0 Å². The molecule has 0 aromatic rings. The SMILES string of the molecule is CC(=O)O[C@H]1[C@H](OC(C)=O)C=C(C=O)C[C@H]1OC(C)=O. The molecule has 0 amide bonds. The van der Waals surface area contributed by atoms with Crippen molar-refractivity contribution in [2.45, 2.75) is 45.5 Å². The summed E-state index contributed by atoms with van der Waals surface area (Å²) in [6.07, 6.45) is -0.734. The molecular formula is C13H16O7. The summed E-state index contributed by atoms with van der Waals surface area (Å²) in [5, 5.41) is 0. The molecule has 7 heteroatoms. The average molecular weight is 284 g/mol. The van der Waals surface area contributed by atoms with Gasteiger partial charge in [0, 0.05) is 27.2 Å². The third-order valence-electron chi connectivity index (χ3n) is 2.58. The molecule has 0 aromatic heterocycles. The quantitative estimate of drug-likeness (QED) is 0.416. The molecular weight excluding hydrogens is 268 g/mol. The summed E-state index contributed by atoms with van der Waals surface area (Å²) < 4.78 is 15.1. The minimum atomic E-state index is -0.969. The van der Waals surface area contributed by atoms with Crippen LogP contribution < -0.4 is 0 Å². The number of carbonyl (C=O) groups is 4. The highest BCUT2D eigenvalue weighted by atomic mass is 16.6. The Morgan fingerprint density at radius 1 is 1.05 bits per heavy atom. The Morgan fingerprint density at radius 3 is 2.05 bits per heavy atom. The van der Waals surface area contributed by atoms with Crippen molar-refractivity contribution in [3.63, 3.8) is 0 Å². The Balaban J connectivity index is 3.05. The molecule has 1 aliphatic rings. The molecule has 0 radical (unpaired) electrons. The van der Waals surface area contributed by atoms with Gasteiger partial charge in [-0.2, -0.15) is 0 Å². The fourth-order valence-electron chi connectivity index (χ4n) is 1.97. The molecule has 0 fully saturated rings. The van der Waals surface area contributed by atoms with Crippen LogP contribution in [0.15, 0.2) is 11.6 Å². The lowest BCUT2D eigenvalue weighted by Crippen LogP contribution is -2.47. The van der Waals surface area contributed by atoms with Gasteiger partial charge in [0.2, 0.25) is 0 Å². The van der Waals surface area contributed by atoms with Crippen LogP contribution >= 0.6 is 0 Å². The first-order valence-corrected chi connectivity index (χ1v) is 6.01. The van der Waals surface area contributed by atoms with Gasteiger partial charge in [0.1, 0.15) is 12.4 Å². The lowest BCUT2D eigenvalue weighted by atomic mass is 9.92. The van der Waals surface area contributed by atoms with Crippen LogP contribution in [0.5, 0.6) is 0 Å². The standard InChI is InChI=1S/C13H16O7/c1-7(15)18-11-4-10(6-14)5-12(19-8(2)16)13(11)20-9(3)17/h4,6,11-13H,5H2,1-3H3/t11-,12-,13+/m1/s1. The van der Waals surface area contributed by atoms with Gasteiger partial charge in [0.15, 0.2) is 12.2 Å². The lowest BCUT2D eigenvalue weighted by molar-refractivity contribution is -0.180. The Morgan fingerprint density at radius 2 is 1.60 bits per heavy atom. The summed E-state index contributed by atoms with van der Waals surface area (Å²) in [7, 11) is 0. The molecule has 0 aliphatic heterocycles. The highest BCUT2D eigenvalue weighted by Gasteiger charge is 2.39. The zero-order valence-electron chi connectivity index (χ0n) is 11.5. The van der Waals surface area contributed by atoms with Gasteiger partial charge in [0.05, 0.1) is 0 Å². The van der Waals surface area contributed by atoms with E-state index in [-0.39, 0.29) is 6.42 Å². The van der Waals surface area contributed by atoms with Gasteiger partial charge in [-0.25, -0.2) is 0 Å². The summed E-state index contributed by atoms with van der Waals surface area (Å²) in [6.45, 7) is 3.58. The van der Waals surface area contributed by atoms with E-state index in [0.29, 0.717) is 11.9 Å². The highest BCUT2D eigenvalue weighted by molar-refractivity contribution is 5.75. The zero-order valence-corrected chi connectivity index (χ0v) is 11.5. The summed E-state index contributed by atoms with van der Waals surface area (Å²) in [5.74, 6) is -1.79. The average Bonchev–Trinajstić information content (AvgIpc) is 2.30. The summed E-state index contributed by atoms with van der Waals surface area (Å²) in [4.78, 5) is 44.2. The first-order valence-electron chi connectivity index (χ1n) is 6.01. The van der Waals surface area contributed by atoms with Crippen LogP contribution in [0.25, 0.3) is 0 Å². The zero-order chi connectivity index (χ0) is 15.3. The largest absolute Gasteiger partial charge is 0.458 e. The van der Waals surface area contributed by atoms with Crippen molar-refractivity contribution < 1.29 is 33.4 Å². The fraction of sp³-hybridized carbons (Fsp3) is 0.538. The molecule has 7 nitrogen and oxygen atoms in total. The smallest absolute Gasteiger partial charge is 0.303 e. The van der Waals surface area contributed by atoms with Gasteiger partial charge in [0.25, 0.3) is 0 Å². The van der Waals surface area contributed by atoms with E-state index >= 15 is 0 Å². The minimum absolute atomic E-state index is 0.0960. The molecule has 0 unspecified atom stereocenters. The minimum Gasteiger partial charge on any atom is -0.458 e. The van der Waals surface area contributed by atoms with E-state index in [4.69, 9.17) is 14.2 Å². The van der Waals surface area contributed by atoms with Crippen molar-refractivity contribution in [3.8, 4) is 0 Å². The molecule has 0 heterocycles. The van der Waals surface area contributed by atoms with Crippen LogP contribution in [0, 0.1) is 0 Å². The molecule has 0 aromatic carbocycles. The van der Waals surface area contributed by atoms with Crippen LogP contribution in [0.2, 0.25) is 0 Å². The molecule has 0 N–H and O–H groups in total. The number of esters is 3. The number of rotatable bonds is 4. The maximum atomic E-state index is 11.1. The van der Waals surface area contributed by atoms with Crippen molar-refractivity contribution in [1.82, 2.24) is 0 Å². The van der Waals surface area contributed by atoms with Crippen molar-refractivity contribution in [2.24, 2.45) is 0 Å². The molecule has 3 atom stereocenters. The van der Waals surface area contributed by atoms with Gasteiger partial charge < -0.3 is 14.2 Å². The second-order valence-electron chi connectivity index (χ2n) is 4.36. The van der Waals surface area contributed by atoms with Crippen LogP contribution in [0.4, 0.5) is 0 Å². The number of carbonyl (C=O) groups excluding carboxylic acids is 4. The summed E-state index contributed by atoms with van der Waals surface area (Å²) in [6, 6.07) is 0. The number of hydrogen-bond donors (Lipinski definition) is 0. The monoisotopic (exact) mass is 284 g/mol. The van der Waals surface area contributed by atoms with E-state index in [1.54, 1.807) is 0 Å². The molecule has 20 heavy (non-hydrogen) atoms. The van der Waals surface area contributed by atoms with E-state index in [9.17, 15) is 19.2 Å². The maximum absolute atomic E-state index is 11.1. The Kier molecular flexibility index (Phi) is 5.42. The second kappa shape index (κ2) is 6.83. The summed E-state index contributed by atoms with van der Waals surface area (Å²) >= 11 is 0. The Bertz CT molecular complexity index is 452. The van der Waals surface area contributed by atoms with Crippen molar-refractivity contribution in [2.75, 3.05) is 0 Å². The predicted octanol–water partition coefficient (Wildman–Crippen LogP) is 0.310. The van der Waals surface area contributed by atoms with Crippen LogP contribution in [0.3, 0.4) is 0 Å². The van der Waals surface area contributed by atoms with Gasteiger partial charge in [-0.15, -0.1) is 0 Å². The molecule has 0 bridgehead atoms. The Hall–Kier alpha value is -2.18. The van der Waals surface area contributed by atoms with E-state index in [1.165, 1.54) is 26.8 Å². The first kappa shape index (κ1) is 15.9. The molecule has 1 rings (SSSR count). The fourth-order valence-corrected chi connectivity index (χ4v) is 1.97. The van der Waals surface area contributed by atoms with Gasteiger partial charge in [-0.1, -0.05) is 0 Å². The normalized spacial score (nSPS) is 25.1. The van der Waals surface area contributed by atoms with Gasteiger partial charge >= 0.3 is 17.9 Å². The number of aldehydes is 1. The molecule has 0 saturated heterocycles. The van der Waals surface area contributed by atoms with Crippen LogP contribution in [-0.4, -0.2) is 42.5 Å². The lowest BCUT2D eigenvalue weighted by Gasteiger charge is -2.34. The molecule has 0 saturated carbocycles. The van der Waals surface area contributed by atoms with Crippen molar-refractivity contribution in [1.29, 1.82) is 0 Å². The summed E-state index contributed by atoms with van der Waals surface area (Å²) in [5.41, 5.74) is 0.311. The molecule has 1 aliphatic carbocycles. The Labute approximate surface area is 115 Å². The van der Waals surface area contributed by atoms with Crippen molar-refractivity contribution in [3.05, 3.63) is 11.6 Å². The van der Waals surface area contributed by atoms with Crippen LogP contribution in [0.1, 0.15) is 27.2 Å². The van der Waals surface area contributed by atoms with Crippen molar-refractivity contribution >= 4 is 24.2 Å². The highest BCUT2D eigenvalue weighted by Crippen LogP contribution is 2.26. The van der Waals surface area contributed by atoms with E-state index in [2.05, 4.69) is 0 Å². The predicted molar refractivity (Wildman–Crippen MR) is 65.4 cm³/mol. The maximum Gasteiger partial charge on any atom is 0.303 e. The van der Waals surface area contributed by atoms with Gasteiger partial charge in [-0.05, 0) is 11.6 Å². The van der Waals surface area contributed by atoms with E-state index < -0.39 is 36.2 Å². The third kappa shape index (κ3) is 4.49. The molecule has 110 valence electrons. The van der Waals surface area contributed by atoms with Gasteiger partial charge in [-0.3, -0.25) is 19.2 Å². The van der Waals surface area contributed by atoms with Crippen LogP contribution in [-0.2, 0) is 33.4 Å². The van der Waals surface area contributed by atoms with E-state index in [1.807, 2.05) is 0 Å². The number of ether oxygens (including phenoxy) is 3. The van der Waals surface area contributed by atoms with E-state index in [0.717, 1.165) is 0 Å². The number of hydrogen-bond acceptors (Lipinski definition) is 7. The molecule has 0 spiro atoms. The third-order valence-corrected chi connectivity index (χ3v) is 2.58.